The average Bonchev–Trinajstić information content (AvgIpc) is 2.67. The molecular weight excluding hydrogens is 228 g/mol. The molecule has 0 saturated heterocycles. The van der Waals surface area contributed by atoms with Gasteiger partial charge < -0.3 is 10.5 Å². The van der Waals surface area contributed by atoms with Crippen molar-refractivity contribution in [3.05, 3.63) is 17.5 Å². The Kier molecular flexibility index (Phi) is 6.32. The van der Waals surface area contributed by atoms with E-state index >= 15 is 0 Å². The molecule has 0 fully saturated rings. The van der Waals surface area contributed by atoms with Crippen LogP contribution in [0.5, 0.6) is 0 Å². The van der Waals surface area contributed by atoms with Gasteiger partial charge in [0.1, 0.15) is 0 Å². The first-order chi connectivity index (χ1) is 8.63. The molecule has 0 aromatic carbocycles. The molecule has 1 aromatic heterocycles. The Morgan fingerprint density at radius 3 is 2.67 bits per heavy atom. The molecule has 0 aliphatic heterocycles. The van der Waals surface area contributed by atoms with Crippen LogP contribution in [0.2, 0.25) is 0 Å². The van der Waals surface area contributed by atoms with Crippen molar-refractivity contribution >= 4 is 0 Å². The summed E-state index contributed by atoms with van der Waals surface area (Å²) in [5, 5.41) is 4.40. The van der Waals surface area contributed by atoms with Crippen LogP contribution in [-0.2, 0) is 11.8 Å². The van der Waals surface area contributed by atoms with E-state index in [-0.39, 0.29) is 6.04 Å². The number of hydrogen-bond donors (Lipinski definition) is 1. The van der Waals surface area contributed by atoms with E-state index in [1.165, 1.54) is 5.56 Å². The molecule has 1 unspecified atom stereocenters. The predicted molar refractivity (Wildman–Crippen MR) is 73.5 cm³/mol. The molecule has 1 rings (SSSR count). The summed E-state index contributed by atoms with van der Waals surface area (Å²) in [7, 11) is 1.94. The molecule has 104 valence electrons. The zero-order valence-corrected chi connectivity index (χ0v) is 12.0. The third kappa shape index (κ3) is 3.80. The van der Waals surface area contributed by atoms with Crippen LogP contribution in [0.15, 0.2) is 6.20 Å². The van der Waals surface area contributed by atoms with E-state index in [0.29, 0.717) is 6.54 Å². The maximum absolute atomic E-state index is 5.94. The summed E-state index contributed by atoms with van der Waals surface area (Å²) < 4.78 is 7.28. The third-order valence-corrected chi connectivity index (χ3v) is 3.21. The second kappa shape index (κ2) is 7.51. The molecule has 1 atom stereocenters. The van der Waals surface area contributed by atoms with E-state index in [9.17, 15) is 0 Å². The summed E-state index contributed by atoms with van der Waals surface area (Å²) in [5.74, 6) is 0. The standard InChI is InChI=1S/C13H26N4O/c1-5-17(7-8-18-6-2)13(9-14)12-10-16(4)15-11(12)3/h10,13H,5-9,14H2,1-4H3. The SMILES string of the molecule is CCOCCN(CC)C(CN)c1cn(C)nc1C. The Bertz CT molecular complexity index is 351. The Morgan fingerprint density at radius 2 is 2.22 bits per heavy atom. The molecule has 2 N–H and O–H groups in total. The zero-order chi connectivity index (χ0) is 13.5. The number of aromatic nitrogens is 2. The minimum Gasteiger partial charge on any atom is -0.380 e. The van der Waals surface area contributed by atoms with Crippen LogP contribution in [0, 0.1) is 6.92 Å². The van der Waals surface area contributed by atoms with Crippen LogP contribution in [0.4, 0.5) is 0 Å². The van der Waals surface area contributed by atoms with Crippen molar-refractivity contribution in [3.8, 4) is 0 Å². The van der Waals surface area contributed by atoms with E-state index in [0.717, 1.165) is 32.0 Å². The Balaban J connectivity index is 2.76. The fourth-order valence-corrected chi connectivity index (χ4v) is 2.28. The predicted octanol–water partition coefficient (Wildman–Crippen LogP) is 1.09. The van der Waals surface area contributed by atoms with Gasteiger partial charge in [0.05, 0.1) is 18.3 Å². The van der Waals surface area contributed by atoms with Crippen LogP contribution in [0.1, 0.15) is 31.1 Å². The highest BCUT2D eigenvalue weighted by atomic mass is 16.5. The van der Waals surface area contributed by atoms with Gasteiger partial charge in [-0.05, 0) is 20.4 Å². The maximum atomic E-state index is 5.94. The second-order valence-corrected chi connectivity index (χ2v) is 4.42. The van der Waals surface area contributed by atoms with Gasteiger partial charge in [0, 0.05) is 38.5 Å². The molecule has 5 heteroatoms. The number of likely N-dealkylation sites (N-methyl/N-ethyl adjacent to an activating group) is 1. The summed E-state index contributed by atoms with van der Waals surface area (Å²) in [6, 6.07) is 0.226. The summed E-state index contributed by atoms with van der Waals surface area (Å²) in [6.45, 7) is 10.2. The van der Waals surface area contributed by atoms with Crippen LogP contribution in [0.25, 0.3) is 0 Å². The lowest BCUT2D eigenvalue weighted by molar-refractivity contribution is 0.0979. The Morgan fingerprint density at radius 1 is 1.50 bits per heavy atom. The van der Waals surface area contributed by atoms with Gasteiger partial charge >= 0.3 is 0 Å². The fraction of sp³-hybridized carbons (Fsp3) is 0.769. The molecule has 5 nitrogen and oxygen atoms in total. The van der Waals surface area contributed by atoms with Crippen LogP contribution in [0.3, 0.4) is 0 Å². The van der Waals surface area contributed by atoms with Gasteiger partial charge in [0.15, 0.2) is 0 Å². The van der Waals surface area contributed by atoms with Gasteiger partial charge in [-0.1, -0.05) is 6.92 Å². The number of hydrogen-bond acceptors (Lipinski definition) is 4. The minimum atomic E-state index is 0.226. The van der Waals surface area contributed by atoms with Crippen LogP contribution >= 0.6 is 0 Å². The Labute approximate surface area is 110 Å². The smallest absolute Gasteiger partial charge is 0.0641 e. The monoisotopic (exact) mass is 254 g/mol. The summed E-state index contributed by atoms with van der Waals surface area (Å²) in [6.07, 6.45) is 2.07. The number of nitrogens with two attached hydrogens (primary N) is 1. The fourth-order valence-electron chi connectivity index (χ4n) is 2.28. The van der Waals surface area contributed by atoms with Crippen molar-refractivity contribution in [1.29, 1.82) is 0 Å². The van der Waals surface area contributed by atoms with Crippen molar-refractivity contribution in [3.63, 3.8) is 0 Å². The number of rotatable bonds is 8. The third-order valence-electron chi connectivity index (χ3n) is 3.21. The first kappa shape index (κ1) is 15.1. The van der Waals surface area contributed by atoms with Gasteiger partial charge in [-0.2, -0.15) is 5.10 Å². The van der Waals surface area contributed by atoms with E-state index in [1.807, 2.05) is 25.6 Å². The quantitative estimate of drug-likeness (QED) is 0.706. The van der Waals surface area contributed by atoms with Crippen molar-refractivity contribution < 1.29 is 4.74 Å². The second-order valence-electron chi connectivity index (χ2n) is 4.42. The molecule has 1 heterocycles. The molecule has 0 saturated carbocycles. The number of ether oxygens (including phenoxy) is 1. The largest absolute Gasteiger partial charge is 0.380 e. The number of aryl methyl sites for hydroxylation is 2. The minimum absolute atomic E-state index is 0.226. The van der Waals surface area contributed by atoms with E-state index in [1.54, 1.807) is 0 Å². The van der Waals surface area contributed by atoms with Gasteiger partial charge in [0.2, 0.25) is 0 Å². The Hall–Kier alpha value is -0.910. The van der Waals surface area contributed by atoms with Crippen LogP contribution < -0.4 is 5.73 Å². The first-order valence-corrected chi connectivity index (χ1v) is 6.66. The summed E-state index contributed by atoms with van der Waals surface area (Å²) >= 11 is 0. The highest BCUT2D eigenvalue weighted by molar-refractivity contribution is 5.20. The van der Waals surface area contributed by atoms with E-state index in [4.69, 9.17) is 10.5 Å². The van der Waals surface area contributed by atoms with E-state index in [2.05, 4.69) is 23.1 Å². The van der Waals surface area contributed by atoms with Gasteiger partial charge in [-0.25, -0.2) is 0 Å². The van der Waals surface area contributed by atoms with Crippen molar-refractivity contribution in [2.24, 2.45) is 12.8 Å². The lowest BCUT2D eigenvalue weighted by atomic mass is 10.1. The lowest BCUT2D eigenvalue weighted by Gasteiger charge is -2.29. The molecule has 0 amide bonds. The lowest BCUT2D eigenvalue weighted by Crippen LogP contribution is -2.36. The summed E-state index contributed by atoms with van der Waals surface area (Å²) in [5.41, 5.74) is 8.22. The highest BCUT2D eigenvalue weighted by Gasteiger charge is 2.21. The van der Waals surface area contributed by atoms with Gasteiger partial charge in [-0.15, -0.1) is 0 Å². The van der Waals surface area contributed by atoms with Crippen LogP contribution in [-0.4, -0.2) is 47.5 Å². The molecule has 0 aliphatic rings. The molecule has 0 radical (unpaired) electrons. The van der Waals surface area contributed by atoms with Crippen molar-refractivity contribution in [2.75, 3.05) is 32.8 Å². The molecular formula is C13H26N4O. The van der Waals surface area contributed by atoms with E-state index < -0.39 is 0 Å². The summed E-state index contributed by atoms with van der Waals surface area (Å²) in [4.78, 5) is 2.35. The van der Waals surface area contributed by atoms with Gasteiger partial charge in [0.25, 0.3) is 0 Å². The molecule has 0 bridgehead atoms. The van der Waals surface area contributed by atoms with Gasteiger partial charge in [-0.3, -0.25) is 9.58 Å². The molecule has 0 spiro atoms. The maximum Gasteiger partial charge on any atom is 0.0641 e. The molecule has 18 heavy (non-hydrogen) atoms. The van der Waals surface area contributed by atoms with Crippen molar-refractivity contribution in [2.45, 2.75) is 26.8 Å². The number of nitrogens with zero attached hydrogens (tertiary/aromatic N) is 3. The highest BCUT2D eigenvalue weighted by Crippen LogP contribution is 2.21. The normalized spacial score (nSPS) is 13.2. The zero-order valence-electron chi connectivity index (χ0n) is 12.0. The molecule has 1 aromatic rings. The average molecular weight is 254 g/mol. The topological polar surface area (TPSA) is 56.3 Å². The van der Waals surface area contributed by atoms with Crippen molar-refractivity contribution in [1.82, 2.24) is 14.7 Å². The molecule has 0 aliphatic carbocycles. The first-order valence-electron chi connectivity index (χ1n) is 6.66.